The average Bonchev–Trinajstić information content (AvgIpc) is 3.31. The molecular formula is C22H28N2O5S. The smallest absolute Gasteiger partial charge is 0.341 e. The Morgan fingerprint density at radius 1 is 1.23 bits per heavy atom. The summed E-state index contributed by atoms with van der Waals surface area (Å²) in [5.41, 5.74) is 0.470. The lowest BCUT2D eigenvalue weighted by molar-refractivity contribution is -0.167. The van der Waals surface area contributed by atoms with Gasteiger partial charge in [-0.15, -0.1) is 11.3 Å². The number of aryl methyl sites for hydroxylation is 1. The van der Waals surface area contributed by atoms with Crippen LogP contribution in [0.25, 0.3) is 0 Å². The van der Waals surface area contributed by atoms with Crippen LogP contribution in [0.15, 0.2) is 0 Å². The van der Waals surface area contributed by atoms with Crippen LogP contribution in [-0.2, 0) is 32.0 Å². The van der Waals surface area contributed by atoms with Crippen molar-refractivity contribution in [2.24, 2.45) is 16.7 Å². The lowest BCUT2D eigenvalue weighted by Gasteiger charge is -2.47. The molecule has 0 radical (unpaired) electrons. The number of ether oxygens (including phenoxy) is 1. The first-order valence-electron chi connectivity index (χ1n) is 10.5. The van der Waals surface area contributed by atoms with Crippen LogP contribution in [0, 0.1) is 16.7 Å². The zero-order chi connectivity index (χ0) is 21.8. The summed E-state index contributed by atoms with van der Waals surface area (Å²) in [5.74, 6) is -1.29. The molecule has 1 N–H and O–H groups in total. The van der Waals surface area contributed by atoms with Crippen molar-refractivity contribution in [3.05, 3.63) is 16.0 Å². The van der Waals surface area contributed by atoms with Gasteiger partial charge in [0.15, 0.2) is 0 Å². The molecule has 2 unspecified atom stereocenters. The molecule has 2 atom stereocenters. The first-order chi connectivity index (χ1) is 14.1. The van der Waals surface area contributed by atoms with Crippen LogP contribution >= 0.6 is 11.3 Å². The van der Waals surface area contributed by atoms with Crippen LogP contribution in [0.3, 0.4) is 0 Å². The van der Waals surface area contributed by atoms with Crippen LogP contribution < -0.4 is 5.32 Å². The van der Waals surface area contributed by atoms with Gasteiger partial charge in [-0.25, -0.2) is 4.79 Å². The van der Waals surface area contributed by atoms with Crippen molar-refractivity contribution < 1.29 is 23.9 Å². The van der Waals surface area contributed by atoms with Crippen LogP contribution in [0.1, 0.15) is 67.3 Å². The van der Waals surface area contributed by atoms with E-state index in [1.807, 2.05) is 20.8 Å². The van der Waals surface area contributed by atoms with Gasteiger partial charge in [-0.05, 0) is 43.1 Å². The van der Waals surface area contributed by atoms with Gasteiger partial charge < -0.3 is 10.1 Å². The lowest BCUT2D eigenvalue weighted by atomic mass is 9.62. The second kappa shape index (κ2) is 7.18. The van der Waals surface area contributed by atoms with Crippen LogP contribution in [0.2, 0.25) is 0 Å². The van der Waals surface area contributed by atoms with E-state index >= 15 is 0 Å². The second-order valence-corrected chi connectivity index (χ2v) is 10.4. The van der Waals surface area contributed by atoms with Gasteiger partial charge in [0.1, 0.15) is 5.00 Å². The molecule has 4 rings (SSSR count). The summed E-state index contributed by atoms with van der Waals surface area (Å²) in [5, 5.41) is 3.32. The number of nitrogens with one attached hydrogen (secondary N) is 1. The largest absolute Gasteiger partial charge is 0.465 e. The van der Waals surface area contributed by atoms with Gasteiger partial charge >= 0.3 is 5.97 Å². The molecule has 7 nitrogen and oxygen atoms in total. The van der Waals surface area contributed by atoms with Gasteiger partial charge in [0.2, 0.25) is 17.7 Å². The van der Waals surface area contributed by atoms with E-state index in [1.165, 1.54) is 23.3 Å². The summed E-state index contributed by atoms with van der Waals surface area (Å²) in [7, 11) is 1.33. The molecule has 8 heteroatoms. The number of esters is 1. The highest BCUT2D eigenvalue weighted by Crippen LogP contribution is 2.60. The molecule has 0 spiro atoms. The molecule has 2 fully saturated rings. The fourth-order valence-corrected chi connectivity index (χ4v) is 6.62. The molecular weight excluding hydrogens is 404 g/mol. The number of fused-ring (bicyclic) bond motifs is 3. The highest BCUT2D eigenvalue weighted by molar-refractivity contribution is 7.17. The Kier molecular flexibility index (Phi) is 5.03. The van der Waals surface area contributed by atoms with Gasteiger partial charge in [0.25, 0.3) is 0 Å². The third kappa shape index (κ3) is 2.91. The second-order valence-electron chi connectivity index (χ2n) is 9.29. The van der Waals surface area contributed by atoms with Gasteiger partial charge in [-0.3, -0.25) is 19.3 Å². The van der Waals surface area contributed by atoms with Crippen molar-refractivity contribution in [3.63, 3.8) is 0 Å². The number of amides is 3. The summed E-state index contributed by atoms with van der Waals surface area (Å²) < 4.78 is 4.91. The minimum absolute atomic E-state index is 0.00386. The number of imide groups is 1. The van der Waals surface area contributed by atoms with Crippen molar-refractivity contribution in [2.75, 3.05) is 19.0 Å². The molecule has 0 aromatic carbocycles. The summed E-state index contributed by atoms with van der Waals surface area (Å²) in [4.78, 5) is 53.3. The molecule has 30 heavy (non-hydrogen) atoms. The van der Waals surface area contributed by atoms with Crippen molar-refractivity contribution in [1.82, 2.24) is 4.90 Å². The minimum Gasteiger partial charge on any atom is -0.465 e. The van der Waals surface area contributed by atoms with Crippen LogP contribution in [-0.4, -0.2) is 42.2 Å². The van der Waals surface area contributed by atoms with Gasteiger partial charge in [0.05, 0.1) is 18.1 Å². The molecule has 3 amide bonds. The number of carbonyl (C=O) groups is 4. The number of anilines is 1. The molecule has 3 aliphatic rings. The molecule has 1 saturated heterocycles. The normalized spacial score (nSPS) is 26.7. The Morgan fingerprint density at radius 2 is 1.97 bits per heavy atom. The Bertz CT molecular complexity index is 950. The highest BCUT2D eigenvalue weighted by atomic mass is 32.1. The molecule has 1 aromatic rings. The maximum atomic E-state index is 13.1. The molecule has 1 aromatic heterocycles. The lowest BCUT2D eigenvalue weighted by Crippen LogP contribution is -2.59. The Balaban J connectivity index is 1.46. The van der Waals surface area contributed by atoms with Gasteiger partial charge in [-0.2, -0.15) is 0 Å². The number of methoxy groups -OCH3 is 1. The van der Waals surface area contributed by atoms with Crippen molar-refractivity contribution in [3.8, 4) is 0 Å². The van der Waals surface area contributed by atoms with Crippen LogP contribution in [0.5, 0.6) is 0 Å². The maximum Gasteiger partial charge on any atom is 0.341 e. The predicted molar refractivity (Wildman–Crippen MR) is 112 cm³/mol. The summed E-state index contributed by atoms with van der Waals surface area (Å²) in [6.07, 6.45) is 4.10. The Morgan fingerprint density at radius 3 is 2.67 bits per heavy atom. The first kappa shape index (κ1) is 21.0. The monoisotopic (exact) mass is 432 g/mol. The average molecular weight is 433 g/mol. The topological polar surface area (TPSA) is 92.8 Å². The summed E-state index contributed by atoms with van der Waals surface area (Å²) in [6, 6.07) is 0. The molecule has 1 saturated carbocycles. The summed E-state index contributed by atoms with van der Waals surface area (Å²) >= 11 is 1.41. The van der Waals surface area contributed by atoms with E-state index in [4.69, 9.17) is 4.74 Å². The fourth-order valence-electron chi connectivity index (χ4n) is 5.33. The zero-order valence-corrected chi connectivity index (χ0v) is 18.7. The van der Waals surface area contributed by atoms with E-state index in [0.717, 1.165) is 29.7 Å². The quantitative estimate of drug-likeness (QED) is 0.570. The molecule has 1 aliphatic heterocycles. The number of hydrogen-bond acceptors (Lipinski definition) is 6. The van der Waals surface area contributed by atoms with Crippen LogP contribution in [0.4, 0.5) is 5.00 Å². The molecule has 2 aliphatic carbocycles. The van der Waals surface area contributed by atoms with Gasteiger partial charge in [0, 0.05) is 23.8 Å². The Hall–Kier alpha value is -2.22. The van der Waals surface area contributed by atoms with E-state index in [1.54, 1.807) is 0 Å². The number of hydrogen-bond donors (Lipinski definition) is 1. The minimum atomic E-state index is -0.575. The summed E-state index contributed by atoms with van der Waals surface area (Å²) in [6.45, 7) is 5.98. The van der Waals surface area contributed by atoms with Crippen molar-refractivity contribution in [1.29, 1.82) is 0 Å². The van der Waals surface area contributed by atoms with E-state index in [-0.39, 0.29) is 42.0 Å². The van der Waals surface area contributed by atoms with Crippen molar-refractivity contribution in [2.45, 2.75) is 59.3 Å². The fraction of sp³-hybridized carbons (Fsp3) is 0.636. The number of likely N-dealkylation sites (tertiary alicyclic amines) is 1. The molecule has 162 valence electrons. The van der Waals surface area contributed by atoms with E-state index < -0.39 is 11.4 Å². The SMILES string of the molecule is COC(=O)c1c(NC(=O)CCN2C(=O)C3CCC(C)(C2=O)C3(C)C)sc2c1CCC2. The van der Waals surface area contributed by atoms with Crippen molar-refractivity contribution >= 4 is 40.0 Å². The predicted octanol–water partition coefficient (Wildman–Crippen LogP) is 3.16. The number of thiophene rings is 1. The maximum absolute atomic E-state index is 13.1. The third-order valence-corrected chi connectivity index (χ3v) is 8.84. The zero-order valence-electron chi connectivity index (χ0n) is 17.9. The molecule has 2 bridgehead atoms. The van der Waals surface area contributed by atoms with E-state index in [2.05, 4.69) is 5.32 Å². The molecule has 2 heterocycles. The highest BCUT2D eigenvalue weighted by Gasteiger charge is 2.64. The van der Waals surface area contributed by atoms with E-state index in [0.29, 0.717) is 23.4 Å². The van der Waals surface area contributed by atoms with E-state index in [9.17, 15) is 19.2 Å². The number of rotatable bonds is 5. The Labute approximate surface area is 180 Å². The number of piperidine rings is 1. The standard InChI is InChI=1S/C22H28N2O5S/c1-21(2)13-8-10-22(21,3)20(28)24(18(13)26)11-9-15(25)23-17-16(19(27)29-4)12-6-5-7-14(12)30-17/h13H,5-11H2,1-4H3,(H,23,25). The third-order valence-electron chi connectivity index (χ3n) is 7.63. The first-order valence-corrected chi connectivity index (χ1v) is 11.3. The van der Waals surface area contributed by atoms with Gasteiger partial charge in [-0.1, -0.05) is 20.8 Å². The number of nitrogens with zero attached hydrogens (tertiary/aromatic N) is 1. The number of carbonyl (C=O) groups excluding carboxylic acids is 4.